The van der Waals surface area contributed by atoms with Crippen LogP contribution in [0.4, 0.5) is 0 Å². The van der Waals surface area contributed by atoms with Crippen molar-refractivity contribution in [1.82, 2.24) is 0 Å². The van der Waals surface area contributed by atoms with Crippen LogP contribution in [0.1, 0.15) is 11.0 Å². The summed E-state index contributed by atoms with van der Waals surface area (Å²) in [7, 11) is 0. The van der Waals surface area contributed by atoms with Gasteiger partial charge in [0.15, 0.2) is 0 Å². The highest BCUT2D eigenvalue weighted by molar-refractivity contribution is 6.21. The summed E-state index contributed by atoms with van der Waals surface area (Å²) < 4.78 is 71.4. The summed E-state index contributed by atoms with van der Waals surface area (Å²) in [6.07, 6.45) is 0. The third-order valence-corrected chi connectivity index (χ3v) is 7.69. The van der Waals surface area contributed by atoms with Crippen LogP contribution in [0, 0.1) is 0 Å². The lowest BCUT2D eigenvalue weighted by atomic mass is 9.85. The second kappa shape index (κ2) is 9.22. The minimum Gasteiger partial charge on any atom is -0.0616 e. The molecule has 0 unspecified atom stereocenters. The number of benzene rings is 8. The Kier molecular flexibility index (Phi) is 3.70. The predicted octanol–water partition coefficient (Wildman–Crippen LogP) is 11.3. The molecule has 0 saturated carbocycles. The van der Waals surface area contributed by atoms with E-state index in [1.54, 1.807) is 0 Å². The molecule has 0 amide bonds. The molecule has 0 heterocycles. The Morgan fingerprint density at radius 1 is 0.350 bits per heavy atom. The Bertz CT molecular complexity index is 2560. The van der Waals surface area contributed by atoms with Crippen molar-refractivity contribution < 1.29 is 11.0 Å². The Morgan fingerprint density at radius 2 is 0.850 bits per heavy atom. The number of rotatable bonds is 3. The lowest BCUT2D eigenvalue weighted by molar-refractivity contribution is 1.63. The monoisotopic (exact) mass is 514 g/mol. The fourth-order valence-electron chi connectivity index (χ4n) is 5.84. The van der Waals surface area contributed by atoms with Gasteiger partial charge in [0.1, 0.15) is 0 Å². The normalized spacial score (nSPS) is 14.3. The molecule has 0 bridgehead atoms. The summed E-state index contributed by atoms with van der Waals surface area (Å²) in [6.45, 7) is 0. The maximum Gasteiger partial charge on any atom is 0.0629 e. The minimum atomic E-state index is -0.411. The fourth-order valence-corrected chi connectivity index (χ4v) is 5.84. The van der Waals surface area contributed by atoms with Crippen molar-refractivity contribution in [3.05, 3.63) is 158 Å². The first-order chi connectivity index (χ1) is 23.2. The van der Waals surface area contributed by atoms with E-state index >= 15 is 0 Å². The van der Waals surface area contributed by atoms with Gasteiger partial charge in [0.25, 0.3) is 0 Å². The standard InChI is InChI=1S/C40H26/c1-2-12-31-26-32(25-20-27(31)10-1)40-37-17-7-5-15-35(37)39(36-16-6-8-18-38(36)40)30-23-21-29(22-24-30)34-19-9-13-28-11-3-4-14-33(28)34/h1-26H/i5D,6D,7D,8D,15D,16D,17D,18D. The van der Waals surface area contributed by atoms with Gasteiger partial charge in [-0.15, -0.1) is 0 Å². The van der Waals surface area contributed by atoms with Crippen LogP contribution in [0.5, 0.6) is 0 Å². The van der Waals surface area contributed by atoms with E-state index in [1.807, 2.05) is 91.0 Å². The molecule has 0 aliphatic rings. The lowest BCUT2D eigenvalue weighted by Gasteiger charge is -2.18. The van der Waals surface area contributed by atoms with Gasteiger partial charge in [0.05, 0.1) is 11.0 Å². The van der Waals surface area contributed by atoms with Crippen molar-refractivity contribution in [3.8, 4) is 33.4 Å². The quantitative estimate of drug-likeness (QED) is 0.206. The number of hydrogen-bond acceptors (Lipinski definition) is 0. The average Bonchev–Trinajstić information content (AvgIpc) is 3.13. The zero-order valence-corrected chi connectivity index (χ0v) is 21.4. The van der Waals surface area contributed by atoms with Crippen LogP contribution in [-0.4, -0.2) is 0 Å². The van der Waals surface area contributed by atoms with Crippen molar-refractivity contribution >= 4 is 43.1 Å². The van der Waals surface area contributed by atoms with Gasteiger partial charge in [-0.2, -0.15) is 0 Å². The molecule has 0 aliphatic heterocycles. The molecule has 0 saturated heterocycles. The van der Waals surface area contributed by atoms with Crippen molar-refractivity contribution in [2.24, 2.45) is 0 Å². The van der Waals surface area contributed by atoms with Gasteiger partial charge in [-0.1, -0.05) is 151 Å². The van der Waals surface area contributed by atoms with E-state index in [9.17, 15) is 5.48 Å². The van der Waals surface area contributed by atoms with Gasteiger partial charge in [0, 0.05) is 0 Å². The van der Waals surface area contributed by atoms with Gasteiger partial charge in [-0.25, -0.2) is 0 Å². The van der Waals surface area contributed by atoms with Crippen LogP contribution in [0.25, 0.3) is 76.5 Å². The average molecular weight is 515 g/mol. The Labute approximate surface area is 245 Å². The molecule has 0 nitrogen and oxygen atoms in total. The second-order valence-electron chi connectivity index (χ2n) is 9.92. The third-order valence-electron chi connectivity index (χ3n) is 7.69. The molecule has 186 valence electrons. The van der Waals surface area contributed by atoms with E-state index < -0.39 is 24.2 Å². The molecule has 0 fully saturated rings. The Hall–Kier alpha value is -5.20. The van der Waals surface area contributed by atoms with E-state index in [0.29, 0.717) is 22.3 Å². The van der Waals surface area contributed by atoms with Crippen LogP contribution in [0.15, 0.2) is 158 Å². The molecule has 0 radical (unpaired) electrons. The first-order valence-electron chi connectivity index (χ1n) is 17.2. The molecular formula is C40H26. The van der Waals surface area contributed by atoms with E-state index in [4.69, 9.17) is 5.48 Å². The summed E-state index contributed by atoms with van der Waals surface area (Å²) in [4.78, 5) is 0. The molecule has 0 spiro atoms. The molecule has 8 aromatic carbocycles. The summed E-state index contributed by atoms with van der Waals surface area (Å²) in [5, 5.41) is 4.90. The van der Waals surface area contributed by atoms with Gasteiger partial charge >= 0.3 is 0 Å². The highest BCUT2D eigenvalue weighted by Gasteiger charge is 2.17. The Morgan fingerprint density at radius 3 is 1.52 bits per heavy atom. The fraction of sp³-hybridized carbons (Fsp3) is 0. The number of hydrogen-bond donors (Lipinski definition) is 0. The van der Waals surface area contributed by atoms with Crippen molar-refractivity contribution in [1.29, 1.82) is 0 Å². The molecule has 0 atom stereocenters. The first kappa shape index (κ1) is 16.0. The highest BCUT2D eigenvalue weighted by Crippen LogP contribution is 2.44. The lowest BCUT2D eigenvalue weighted by Crippen LogP contribution is -1.91. The Balaban J connectivity index is 1.54. The molecular weight excluding hydrogens is 480 g/mol. The summed E-state index contributed by atoms with van der Waals surface area (Å²) in [6, 6.07) is 32.6. The van der Waals surface area contributed by atoms with Crippen LogP contribution in [0.2, 0.25) is 0 Å². The van der Waals surface area contributed by atoms with Gasteiger partial charge in [0.2, 0.25) is 0 Å². The largest absolute Gasteiger partial charge is 0.0629 e. The molecule has 0 aliphatic carbocycles. The summed E-state index contributed by atoms with van der Waals surface area (Å²) >= 11 is 0. The maximum atomic E-state index is 9.19. The smallest absolute Gasteiger partial charge is 0.0616 e. The molecule has 0 heteroatoms. The van der Waals surface area contributed by atoms with Crippen LogP contribution in [-0.2, 0) is 0 Å². The SMILES string of the molecule is [2H]c1c([2H])c([2H])c2c(-c3ccc4ccccc4c3)c3c([2H])c([2H])c([2H])c([2H])c3c(-c3ccc(-c4cccc5ccccc45)cc3)c2c1[2H]. The van der Waals surface area contributed by atoms with Crippen LogP contribution in [0.3, 0.4) is 0 Å². The van der Waals surface area contributed by atoms with Gasteiger partial charge in [-0.3, -0.25) is 0 Å². The van der Waals surface area contributed by atoms with E-state index in [-0.39, 0.29) is 45.7 Å². The first-order valence-corrected chi connectivity index (χ1v) is 13.2. The molecule has 8 rings (SSSR count). The van der Waals surface area contributed by atoms with E-state index in [2.05, 4.69) is 18.2 Å². The molecule has 8 aromatic rings. The van der Waals surface area contributed by atoms with Crippen molar-refractivity contribution in [2.45, 2.75) is 0 Å². The minimum absolute atomic E-state index is 0.208. The predicted molar refractivity (Wildman–Crippen MR) is 173 cm³/mol. The van der Waals surface area contributed by atoms with E-state index in [1.165, 1.54) is 0 Å². The zero-order chi connectivity index (χ0) is 33.4. The molecule has 40 heavy (non-hydrogen) atoms. The third kappa shape index (κ3) is 3.61. The van der Waals surface area contributed by atoms with Crippen molar-refractivity contribution in [3.63, 3.8) is 0 Å². The maximum absolute atomic E-state index is 9.19. The van der Waals surface area contributed by atoms with Crippen LogP contribution < -0.4 is 0 Å². The topological polar surface area (TPSA) is 0 Å². The molecule has 0 N–H and O–H groups in total. The second-order valence-corrected chi connectivity index (χ2v) is 9.92. The van der Waals surface area contributed by atoms with Gasteiger partial charge in [-0.05, 0) is 82.5 Å². The summed E-state index contributed by atoms with van der Waals surface area (Å²) in [5.74, 6) is 0. The molecule has 0 aromatic heterocycles. The summed E-state index contributed by atoms with van der Waals surface area (Å²) in [5.41, 5.74) is 3.84. The van der Waals surface area contributed by atoms with Crippen molar-refractivity contribution in [2.75, 3.05) is 0 Å². The number of fused-ring (bicyclic) bond motifs is 4. The van der Waals surface area contributed by atoms with Gasteiger partial charge < -0.3 is 0 Å². The zero-order valence-electron chi connectivity index (χ0n) is 29.4. The van der Waals surface area contributed by atoms with E-state index in [0.717, 1.165) is 32.7 Å². The highest BCUT2D eigenvalue weighted by atomic mass is 14.2. The van der Waals surface area contributed by atoms with Crippen LogP contribution >= 0.6 is 0 Å².